The van der Waals surface area contributed by atoms with E-state index in [1.807, 2.05) is 24.4 Å². The zero-order valence-electron chi connectivity index (χ0n) is 11.3. The summed E-state index contributed by atoms with van der Waals surface area (Å²) < 4.78 is 26.4. The first-order valence-electron chi connectivity index (χ1n) is 6.19. The normalized spacial score (nSPS) is 13.8. The second-order valence-corrected chi connectivity index (χ2v) is 7.95. The molecule has 0 spiro atoms. The van der Waals surface area contributed by atoms with Gasteiger partial charge in [-0.3, -0.25) is 0 Å². The molecule has 1 atom stereocenters. The van der Waals surface area contributed by atoms with Gasteiger partial charge in [-0.1, -0.05) is 6.07 Å². The standard InChI is InChI=1S/C13H17ClN2O2S2/c1-10(6-12-4-3-5-19-12)16(2)20(17,18)13-7-11(8-14)15-9-13/h3-5,7,9-10,15H,6,8H2,1-2H3. The smallest absolute Gasteiger partial charge is 0.244 e. The molecule has 0 aliphatic carbocycles. The highest BCUT2D eigenvalue weighted by Crippen LogP contribution is 2.21. The molecule has 0 radical (unpaired) electrons. The summed E-state index contributed by atoms with van der Waals surface area (Å²) in [6, 6.07) is 5.47. The quantitative estimate of drug-likeness (QED) is 0.826. The number of halogens is 1. The van der Waals surface area contributed by atoms with Crippen LogP contribution in [-0.4, -0.2) is 30.8 Å². The molecule has 2 rings (SSSR count). The van der Waals surface area contributed by atoms with Crippen LogP contribution in [-0.2, 0) is 22.3 Å². The van der Waals surface area contributed by atoms with Crippen LogP contribution in [0.15, 0.2) is 34.7 Å². The van der Waals surface area contributed by atoms with Gasteiger partial charge < -0.3 is 4.98 Å². The van der Waals surface area contributed by atoms with Crippen molar-refractivity contribution in [3.05, 3.63) is 40.3 Å². The van der Waals surface area contributed by atoms with E-state index >= 15 is 0 Å². The van der Waals surface area contributed by atoms with Crippen molar-refractivity contribution in [2.75, 3.05) is 7.05 Å². The molecule has 0 aliphatic heterocycles. The van der Waals surface area contributed by atoms with Crippen LogP contribution in [0.5, 0.6) is 0 Å². The SMILES string of the molecule is CC(Cc1cccs1)N(C)S(=O)(=O)c1c[nH]c(CCl)c1. The lowest BCUT2D eigenvalue weighted by molar-refractivity contribution is 0.388. The lowest BCUT2D eigenvalue weighted by atomic mass is 10.2. The number of aromatic amines is 1. The third-order valence-electron chi connectivity index (χ3n) is 3.23. The van der Waals surface area contributed by atoms with Crippen LogP contribution < -0.4 is 0 Å². The number of rotatable bonds is 6. The van der Waals surface area contributed by atoms with Crippen molar-refractivity contribution in [1.82, 2.24) is 9.29 Å². The van der Waals surface area contributed by atoms with Gasteiger partial charge in [0.15, 0.2) is 0 Å². The molecular weight excluding hydrogens is 316 g/mol. The largest absolute Gasteiger partial charge is 0.363 e. The number of hydrogen-bond donors (Lipinski definition) is 1. The Morgan fingerprint density at radius 1 is 1.50 bits per heavy atom. The number of thiophene rings is 1. The number of likely N-dealkylation sites (N-methyl/N-ethyl adjacent to an activating group) is 1. The van der Waals surface area contributed by atoms with Gasteiger partial charge >= 0.3 is 0 Å². The van der Waals surface area contributed by atoms with E-state index in [0.717, 1.165) is 0 Å². The first-order valence-corrected chi connectivity index (χ1v) is 9.04. The van der Waals surface area contributed by atoms with Crippen LogP contribution in [0.4, 0.5) is 0 Å². The van der Waals surface area contributed by atoms with Crippen molar-refractivity contribution in [2.24, 2.45) is 0 Å². The number of nitrogens with one attached hydrogen (secondary N) is 1. The molecule has 110 valence electrons. The van der Waals surface area contributed by atoms with Gasteiger partial charge in [-0.25, -0.2) is 8.42 Å². The highest BCUT2D eigenvalue weighted by Gasteiger charge is 2.26. The van der Waals surface area contributed by atoms with Crippen molar-refractivity contribution in [1.29, 1.82) is 0 Å². The topological polar surface area (TPSA) is 53.2 Å². The molecule has 2 aromatic rings. The number of hydrogen-bond acceptors (Lipinski definition) is 3. The van der Waals surface area contributed by atoms with E-state index in [-0.39, 0.29) is 16.8 Å². The van der Waals surface area contributed by atoms with Crippen molar-refractivity contribution in [3.63, 3.8) is 0 Å². The molecule has 0 bridgehead atoms. The minimum Gasteiger partial charge on any atom is -0.363 e. The van der Waals surface area contributed by atoms with Crippen molar-refractivity contribution < 1.29 is 8.42 Å². The van der Waals surface area contributed by atoms with Crippen molar-refractivity contribution in [3.8, 4) is 0 Å². The Labute approximate surface area is 128 Å². The summed E-state index contributed by atoms with van der Waals surface area (Å²) in [5.41, 5.74) is 0.699. The first-order chi connectivity index (χ1) is 9.45. The number of nitrogens with zero attached hydrogens (tertiary/aromatic N) is 1. The lowest BCUT2D eigenvalue weighted by Crippen LogP contribution is -2.36. The second kappa shape index (κ2) is 6.30. The van der Waals surface area contributed by atoms with Crippen molar-refractivity contribution in [2.45, 2.75) is 30.2 Å². The minimum absolute atomic E-state index is 0.104. The summed E-state index contributed by atoms with van der Waals surface area (Å²) in [6.45, 7) is 1.91. The molecule has 1 unspecified atom stereocenters. The number of H-pyrrole nitrogens is 1. The Bertz CT molecular complexity index is 650. The fourth-order valence-electron chi connectivity index (χ4n) is 1.90. The van der Waals surface area contributed by atoms with Crippen LogP contribution in [0.3, 0.4) is 0 Å². The van der Waals surface area contributed by atoms with Gasteiger partial charge in [0.05, 0.1) is 10.8 Å². The Morgan fingerprint density at radius 3 is 2.80 bits per heavy atom. The Kier molecular flexibility index (Phi) is 4.90. The molecule has 2 aromatic heterocycles. The molecule has 2 heterocycles. The van der Waals surface area contributed by atoms with E-state index in [1.54, 1.807) is 24.5 Å². The predicted molar refractivity (Wildman–Crippen MR) is 82.8 cm³/mol. The summed E-state index contributed by atoms with van der Waals surface area (Å²) in [5, 5.41) is 2.00. The molecule has 0 amide bonds. The fourth-order valence-corrected chi connectivity index (χ4v) is 4.26. The van der Waals surface area contributed by atoms with Crippen LogP contribution in [0.1, 0.15) is 17.5 Å². The molecule has 20 heavy (non-hydrogen) atoms. The maximum atomic E-state index is 12.5. The molecule has 0 fully saturated rings. The molecule has 4 nitrogen and oxygen atoms in total. The Hall–Kier alpha value is -0.820. The van der Waals surface area contributed by atoms with E-state index in [0.29, 0.717) is 12.1 Å². The third kappa shape index (κ3) is 3.25. The fraction of sp³-hybridized carbons (Fsp3) is 0.385. The summed E-state index contributed by atoms with van der Waals surface area (Å²) in [4.78, 5) is 4.30. The molecule has 0 saturated carbocycles. The summed E-state index contributed by atoms with van der Waals surface area (Å²) >= 11 is 7.33. The Morgan fingerprint density at radius 2 is 2.25 bits per heavy atom. The van der Waals surface area contributed by atoms with E-state index in [1.165, 1.54) is 15.4 Å². The number of aromatic nitrogens is 1. The molecular formula is C13H17ClN2O2S2. The summed E-state index contributed by atoms with van der Waals surface area (Å²) in [6.07, 6.45) is 2.20. The zero-order valence-corrected chi connectivity index (χ0v) is 13.7. The van der Waals surface area contributed by atoms with Crippen LogP contribution >= 0.6 is 22.9 Å². The summed E-state index contributed by atoms with van der Waals surface area (Å²) in [5.74, 6) is 0.268. The van der Waals surface area contributed by atoms with Gasteiger partial charge in [0.2, 0.25) is 10.0 Å². The third-order valence-corrected chi connectivity index (χ3v) is 6.37. The minimum atomic E-state index is -3.48. The van der Waals surface area contributed by atoms with E-state index in [2.05, 4.69) is 4.98 Å². The predicted octanol–water partition coefficient (Wildman–Crippen LogP) is 3.07. The van der Waals surface area contributed by atoms with Crippen LogP contribution in [0.2, 0.25) is 0 Å². The van der Waals surface area contributed by atoms with Gasteiger partial charge in [-0.2, -0.15) is 4.31 Å². The molecule has 1 N–H and O–H groups in total. The molecule has 0 aliphatic rings. The van der Waals surface area contributed by atoms with Gasteiger partial charge in [-0.05, 0) is 30.9 Å². The highest BCUT2D eigenvalue weighted by atomic mass is 35.5. The van der Waals surface area contributed by atoms with Crippen molar-refractivity contribution >= 4 is 33.0 Å². The maximum absolute atomic E-state index is 12.5. The Balaban J connectivity index is 2.15. The zero-order chi connectivity index (χ0) is 14.8. The van der Waals surface area contributed by atoms with Crippen LogP contribution in [0, 0.1) is 0 Å². The van der Waals surface area contributed by atoms with E-state index in [9.17, 15) is 8.42 Å². The first kappa shape index (κ1) is 15.6. The number of sulfonamides is 1. The lowest BCUT2D eigenvalue weighted by Gasteiger charge is -2.23. The summed E-state index contributed by atoms with van der Waals surface area (Å²) in [7, 11) is -1.87. The molecule has 0 aromatic carbocycles. The van der Waals surface area contributed by atoms with Gasteiger partial charge in [0.1, 0.15) is 0 Å². The monoisotopic (exact) mass is 332 g/mol. The highest BCUT2D eigenvalue weighted by molar-refractivity contribution is 7.89. The number of alkyl halides is 1. The maximum Gasteiger partial charge on any atom is 0.244 e. The molecule has 7 heteroatoms. The second-order valence-electron chi connectivity index (χ2n) is 4.65. The van der Waals surface area contributed by atoms with Gasteiger partial charge in [-0.15, -0.1) is 22.9 Å². The van der Waals surface area contributed by atoms with E-state index < -0.39 is 10.0 Å². The average Bonchev–Trinajstić information content (AvgIpc) is 3.08. The van der Waals surface area contributed by atoms with Gasteiger partial charge in [0.25, 0.3) is 0 Å². The van der Waals surface area contributed by atoms with Crippen LogP contribution in [0.25, 0.3) is 0 Å². The molecule has 0 saturated heterocycles. The average molecular weight is 333 g/mol. The van der Waals surface area contributed by atoms with Gasteiger partial charge in [0, 0.05) is 29.9 Å². The van der Waals surface area contributed by atoms with E-state index in [4.69, 9.17) is 11.6 Å².